The van der Waals surface area contributed by atoms with Crippen molar-refractivity contribution in [2.45, 2.75) is 18.7 Å². The van der Waals surface area contributed by atoms with Crippen molar-refractivity contribution >= 4 is 21.4 Å². The van der Waals surface area contributed by atoms with Crippen molar-refractivity contribution in [2.75, 3.05) is 25.0 Å². The van der Waals surface area contributed by atoms with E-state index in [1.165, 1.54) is 37.4 Å². The van der Waals surface area contributed by atoms with Crippen LogP contribution in [0.4, 0.5) is 11.4 Å². The summed E-state index contributed by atoms with van der Waals surface area (Å²) in [5, 5.41) is 11.0. The SMILES string of the molecule is CCOc1ccc(S(=O)(=O)Nc2cc([N+](=O)[O-])ccc2OC)cc1OCC. The van der Waals surface area contributed by atoms with Crippen LogP contribution in [0.3, 0.4) is 0 Å². The molecule has 2 aromatic rings. The number of hydrogen-bond donors (Lipinski definition) is 1. The highest BCUT2D eigenvalue weighted by Crippen LogP contribution is 2.33. The summed E-state index contributed by atoms with van der Waals surface area (Å²) in [4.78, 5) is 10.3. The normalized spacial score (nSPS) is 10.9. The Bertz CT molecular complexity index is 929. The Morgan fingerprint density at radius 1 is 1.00 bits per heavy atom. The molecule has 0 unspecified atom stereocenters. The second kappa shape index (κ2) is 8.58. The number of rotatable bonds is 9. The highest BCUT2D eigenvalue weighted by molar-refractivity contribution is 7.92. The summed E-state index contributed by atoms with van der Waals surface area (Å²) in [6.07, 6.45) is 0. The molecule has 1 N–H and O–H groups in total. The smallest absolute Gasteiger partial charge is 0.271 e. The van der Waals surface area contributed by atoms with Gasteiger partial charge in [-0.25, -0.2) is 8.42 Å². The molecule has 0 saturated carbocycles. The Morgan fingerprint density at radius 3 is 2.22 bits per heavy atom. The van der Waals surface area contributed by atoms with Gasteiger partial charge < -0.3 is 14.2 Å². The number of nitrogens with one attached hydrogen (secondary N) is 1. The van der Waals surface area contributed by atoms with Crippen molar-refractivity contribution in [3.05, 3.63) is 46.5 Å². The molecular formula is C17H20N2O7S. The topological polar surface area (TPSA) is 117 Å². The first-order chi connectivity index (χ1) is 12.8. The lowest BCUT2D eigenvalue weighted by atomic mass is 10.2. The quantitative estimate of drug-likeness (QED) is 0.511. The molecule has 9 nitrogen and oxygen atoms in total. The molecule has 0 spiro atoms. The Morgan fingerprint density at radius 2 is 1.63 bits per heavy atom. The number of nitro benzene ring substituents is 1. The van der Waals surface area contributed by atoms with Crippen molar-refractivity contribution in [2.24, 2.45) is 0 Å². The maximum absolute atomic E-state index is 12.7. The summed E-state index contributed by atoms with van der Waals surface area (Å²) in [5.74, 6) is 0.861. The molecule has 0 aliphatic rings. The van der Waals surface area contributed by atoms with E-state index in [1.54, 1.807) is 13.8 Å². The van der Waals surface area contributed by atoms with Crippen LogP contribution in [-0.2, 0) is 10.0 Å². The zero-order chi connectivity index (χ0) is 20.0. The molecule has 0 heterocycles. The minimum Gasteiger partial charge on any atom is -0.495 e. The fourth-order valence-electron chi connectivity index (χ4n) is 2.29. The van der Waals surface area contributed by atoms with Gasteiger partial charge in [0.05, 0.1) is 35.8 Å². The molecule has 10 heteroatoms. The third-order valence-electron chi connectivity index (χ3n) is 3.46. The maximum Gasteiger partial charge on any atom is 0.271 e. The van der Waals surface area contributed by atoms with E-state index in [0.29, 0.717) is 19.0 Å². The highest BCUT2D eigenvalue weighted by atomic mass is 32.2. The summed E-state index contributed by atoms with van der Waals surface area (Å²) >= 11 is 0. The van der Waals surface area contributed by atoms with Gasteiger partial charge in [0, 0.05) is 18.2 Å². The molecule has 0 amide bonds. The van der Waals surface area contributed by atoms with Crippen molar-refractivity contribution in [3.8, 4) is 17.2 Å². The summed E-state index contributed by atoms with van der Waals surface area (Å²) in [7, 11) is -2.71. The number of non-ortho nitro benzene ring substituents is 1. The fourth-order valence-corrected chi connectivity index (χ4v) is 3.37. The predicted molar refractivity (Wildman–Crippen MR) is 99.2 cm³/mol. The number of nitrogens with zero attached hydrogens (tertiary/aromatic N) is 1. The van der Waals surface area contributed by atoms with Crippen LogP contribution in [0, 0.1) is 10.1 Å². The summed E-state index contributed by atoms with van der Waals surface area (Å²) in [6.45, 7) is 4.30. The van der Waals surface area contributed by atoms with Gasteiger partial charge in [-0.1, -0.05) is 0 Å². The molecule has 146 valence electrons. The van der Waals surface area contributed by atoms with Crippen LogP contribution >= 0.6 is 0 Å². The first-order valence-electron chi connectivity index (χ1n) is 8.07. The second-order valence-electron chi connectivity index (χ2n) is 5.22. The molecule has 0 saturated heterocycles. The van der Waals surface area contributed by atoms with Crippen LogP contribution in [0.25, 0.3) is 0 Å². The molecule has 0 aromatic heterocycles. The molecule has 0 fully saturated rings. The number of sulfonamides is 1. The first-order valence-corrected chi connectivity index (χ1v) is 9.55. The van der Waals surface area contributed by atoms with Crippen LogP contribution in [-0.4, -0.2) is 33.7 Å². The van der Waals surface area contributed by atoms with E-state index < -0.39 is 14.9 Å². The van der Waals surface area contributed by atoms with Crippen molar-refractivity contribution in [1.82, 2.24) is 0 Å². The number of nitro groups is 1. The summed E-state index contributed by atoms with van der Waals surface area (Å²) < 4.78 is 43.7. The van der Waals surface area contributed by atoms with Crippen molar-refractivity contribution in [3.63, 3.8) is 0 Å². The van der Waals surface area contributed by atoms with Crippen LogP contribution in [0.15, 0.2) is 41.3 Å². The van der Waals surface area contributed by atoms with Gasteiger partial charge in [0.25, 0.3) is 15.7 Å². The number of benzene rings is 2. The van der Waals surface area contributed by atoms with E-state index in [9.17, 15) is 18.5 Å². The van der Waals surface area contributed by atoms with Crippen LogP contribution in [0.5, 0.6) is 17.2 Å². The van der Waals surface area contributed by atoms with E-state index in [0.717, 1.165) is 6.07 Å². The molecule has 0 aliphatic heterocycles. The largest absolute Gasteiger partial charge is 0.495 e. The van der Waals surface area contributed by atoms with Gasteiger partial charge in [0.1, 0.15) is 5.75 Å². The lowest BCUT2D eigenvalue weighted by molar-refractivity contribution is -0.384. The minimum atomic E-state index is -4.05. The minimum absolute atomic E-state index is 0.0430. The summed E-state index contributed by atoms with van der Waals surface area (Å²) in [6, 6.07) is 7.82. The van der Waals surface area contributed by atoms with E-state index in [4.69, 9.17) is 14.2 Å². The third kappa shape index (κ3) is 4.79. The average molecular weight is 396 g/mol. The monoisotopic (exact) mass is 396 g/mol. The lowest BCUT2D eigenvalue weighted by Gasteiger charge is -2.14. The van der Waals surface area contributed by atoms with Gasteiger partial charge in [-0.2, -0.15) is 0 Å². The third-order valence-corrected chi connectivity index (χ3v) is 4.83. The van der Waals surface area contributed by atoms with Gasteiger partial charge in [0.2, 0.25) is 0 Å². The van der Waals surface area contributed by atoms with Gasteiger partial charge in [-0.05, 0) is 32.0 Å². The van der Waals surface area contributed by atoms with E-state index in [2.05, 4.69) is 4.72 Å². The number of methoxy groups -OCH3 is 1. The standard InChI is InChI=1S/C17H20N2O7S/c1-4-25-16-9-7-13(11-17(16)26-5-2)27(22,23)18-14-10-12(19(20)21)6-8-15(14)24-3/h6-11,18H,4-5H2,1-3H3. The van der Waals surface area contributed by atoms with Gasteiger partial charge in [-0.15, -0.1) is 0 Å². The van der Waals surface area contributed by atoms with E-state index in [-0.39, 0.29) is 27.8 Å². The second-order valence-corrected chi connectivity index (χ2v) is 6.90. The van der Waals surface area contributed by atoms with Crippen LogP contribution in [0.2, 0.25) is 0 Å². The number of anilines is 1. The van der Waals surface area contributed by atoms with E-state index >= 15 is 0 Å². The fraction of sp³-hybridized carbons (Fsp3) is 0.294. The Kier molecular flexibility index (Phi) is 6.45. The molecule has 0 bridgehead atoms. The Balaban J connectivity index is 2.43. The van der Waals surface area contributed by atoms with Crippen molar-refractivity contribution < 1.29 is 27.6 Å². The first kappa shape index (κ1) is 20.3. The lowest BCUT2D eigenvalue weighted by Crippen LogP contribution is -2.14. The number of ether oxygens (including phenoxy) is 3. The maximum atomic E-state index is 12.7. The van der Waals surface area contributed by atoms with Gasteiger partial charge >= 0.3 is 0 Å². The summed E-state index contributed by atoms with van der Waals surface area (Å²) in [5.41, 5.74) is -0.311. The predicted octanol–water partition coefficient (Wildman–Crippen LogP) is 3.20. The van der Waals surface area contributed by atoms with Crippen LogP contribution in [0.1, 0.15) is 13.8 Å². The van der Waals surface area contributed by atoms with Crippen molar-refractivity contribution in [1.29, 1.82) is 0 Å². The van der Waals surface area contributed by atoms with Crippen LogP contribution < -0.4 is 18.9 Å². The van der Waals surface area contributed by atoms with Gasteiger partial charge in [0.15, 0.2) is 11.5 Å². The Labute approximate surface area is 157 Å². The molecule has 0 aliphatic carbocycles. The highest BCUT2D eigenvalue weighted by Gasteiger charge is 2.21. The molecule has 0 atom stereocenters. The zero-order valence-electron chi connectivity index (χ0n) is 15.1. The molecular weight excluding hydrogens is 376 g/mol. The molecule has 27 heavy (non-hydrogen) atoms. The van der Waals surface area contributed by atoms with Gasteiger partial charge in [-0.3, -0.25) is 14.8 Å². The van der Waals surface area contributed by atoms with E-state index in [1.807, 2.05) is 0 Å². The molecule has 2 rings (SSSR count). The number of hydrogen-bond acceptors (Lipinski definition) is 7. The Hall–Kier alpha value is -3.01. The zero-order valence-corrected chi connectivity index (χ0v) is 15.9. The average Bonchev–Trinajstić information content (AvgIpc) is 2.63. The molecule has 2 aromatic carbocycles. The molecule has 0 radical (unpaired) electrons.